The average Bonchev–Trinajstić information content (AvgIpc) is 3.43. The number of nitrogens with zero attached hydrogens (tertiary/aromatic N) is 3. The first-order valence-corrected chi connectivity index (χ1v) is 10.7. The summed E-state index contributed by atoms with van der Waals surface area (Å²) in [4.78, 5) is 44.8. The van der Waals surface area contributed by atoms with Gasteiger partial charge in [0.2, 0.25) is 5.91 Å². The molecule has 0 saturated heterocycles. The summed E-state index contributed by atoms with van der Waals surface area (Å²) in [5, 5.41) is 3.15. The van der Waals surface area contributed by atoms with Gasteiger partial charge in [-0.15, -0.1) is 0 Å². The fraction of sp³-hybridized carbons (Fsp3) is 0.478. The molecule has 1 aliphatic carbocycles. The second-order valence-corrected chi connectivity index (χ2v) is 8.48. The molecule has 1 aromatic carbocycles. The lowest BCUT2D eigenvalue weighted by molar-refractivity contribution is -0.133. The summed E-state index contributed by atoms with van der Waals surface area (Å²) in [5.41, 5.74) is 0.137. The van der Waals surface area contributed by atoms with Crippen LogP contribution in [0.1, 0.15) is 59.1 Å². The Hall–Kier alpha value is -3.16. The van der Waals surface area contributed by atoms with Crippen molar-refractivity contribution in [3.63, 3.8) is 0 Å². The molecule has 0 spiro atoms. The van der Waals surface area contributed by atoms with E-state index in [2.05, 4.69) is 10.3 Å². The summed E-state index contributed by atoms with van der Waals surface area (Å²) in [6, 6.07) is 9.97. The van der Waals surface area contributed by atoms with Crippen LogP contribution in [0.2, 0.25) is 0 Å². The maximum atomic E-state index is 13.6. The third-order valence-electron chi connectivity index (χ3n) is 6.38. The second kappa shape index (κ2) is 8.53. The summed E-state index contributed by atoms with van der Waals surface area (Å²) < 4.78 is 6.40. The van der Waals surface area contributed by atoms with Crippen LogP contribution in [0.4, 0.5) is 0 Å². The van der Waals surface area contributed by atoms with Gasteiger partial charge in [0.25, 0.3) is 5.91 Å². The van der Waals surface area contributed by atoms with Crippen molar-refractivity contribution in [2.24, 2.45) is 0 Å². The Morgan fingerprint density at radius 3 is 2.61 bits per heavy atom. The number of nitrogens with one attached hydrogen (secondary N) is 1. The third-order valence-corrected chi connectivity index (χ3v) is 6.38. The van der Waals surface area contributed by atoms with Gasteiger partial charge in [0, 0.05) is 12.6 Å². The first kappa shape index (κ1) is 21.1. The van der Waals surface area contributed by atoms with E-state index in [1.807, 2.05) is 30.3 Å². The molecular weight excluding hydrogens is 396 g/mol. The first-order valence-electron chi connectivity index (χ1n) is 10.7. The minimum absolute atomic E-state index is 0.0181. The van der Waals surface area contributed by atoms with Gasteiger partial charge in [-0.05, 0) is 31.7 Å². The molecule has 8 nitrogen and oxygen atoms in total. The fourth-order valence-corrected chi connectivity index (χ4v) is 4.58. The Balaban J connectivity index is 1.66. The van der Waals surface area contributed by atoms with Crippen LogP contribution in [0.3, 0.4) is 0 Å². The Kier molecular flexibility index (Phi) is 5.80. The van der Waals surface area contributed by atoms with Crippen molar-refractivity contribution >= 4 is 17.8 Å². The van der Waals surface area contributed by atoms with Gasteiger partial charge in [-0.3, -0.25) is 9.59 Å². The summed E-state index contributed by atoms with van der Waals surface area (Å²) in [6.07, 6.45) is 6.17. The molecule has 1 fully saturated rings. The zero-order valence-electron chi connectivity index (χ0n) is 18.0. The molecule has 1 atom stereocenters. The molecule has 2 heterocycles. The minimum Gasteiger partial charge on any atom is -0.464 e. The molecule has 0 radical (unpaired) electrons. The van der Waals surface area contributed by atoms with E-state index in [-0.39, 0.29) is 35.8 Å². The number of esters is 1. The highest BCUT2D eigenvalue weighted by Gasteiger charge is 2.49. The highest BCUT2D eigenvalue weighted by atomic mass is 16.5. The van der Waals surface area contributed by atoms with E-state index in [9.17, 15) is 14.4 Å². The van der Waals surface area contributed by atoms with Crippen LogP contribution in [0.5, 0.6) is 0 Å². The molecule has 1 aliphatic heterocycles. The summed E-state index contributed by atoms with van der Waals surface area (Å²) in [5.74, 6) is -1.21. The molecule has 1 N–H and O–H groups in total. The molecule has 2 aliphatic rings. The number of imidazole rings is 1. The molecule has 1 saturated carbocycles. The van der Waals surface area contributed by atoms with Crippen molar-refractivity contribution in [3.05, 3.63) is 53.6 Å². The van der Waals surface area contributed by atoms with E-state index in [4.69, 9.17) is 4.74 Å². The monoisotopic (exact) mass is 424 g/mol. The van der Waals surface area contributed by atoms with Crippen molar-refractivity contribution in [3.8, 4) is 0 Å². The van der Waals surface area contributed by atoms with E-state index < -0.39 is 11.5 Å². The smallest absolute Gasteiger partial charge is 0.359 e. The third kappa shape index (κ3) is 3.94. The second-order valence-electron chi connectivity index (χ2n) is 8.48. The summed E-state index contributed by atoms with van der Waals surface area (Å²) >= 11 is 0. The van der Waals surface area contributed by atoms with Crippen LogP contribution in [-0.2, 0) is 22.5 Å². The van der Waals surface area contributed by atoms with E-state index in [0.29, 0.717) is 13.0 Å². The molecule has 8 heteroatoms. The van der Waals surface area contributed by atoms with Crippen molar-refractivity contribution in [2.45, 2.75) is 57.2 Å². The molecular formula is C23H28N4O4. The van der Waals surface area contributed by atoms with Crippen molar-refractivity contribution < 1.29 is 19.1 Å². The van der Waals surface area contributed by atoms with Gasteiger partial charge >= 0.3 is 5.97 Å². The molecule has 0 unspecified atom stereocenters. The van der Waals surface area contributed by atoms with Gasteiger partial charge in [0.15, 0.2) is 5.69 Å². The predicted molar refractivity (Wildman–Crippen MR) is 114 cm³/mol. The molecule has 164 valence electrons. The number of hydrogen-bond donors (Lipinski definition) is 1. The van der Waals surface area contributed by atoms with Crippen LogP contribution in [-0.4, -0.2) is 57.5 Å². The van der Waals surface area contributed by atoms with E-state index in [0.717, 1.165) is 31.2 Å². The standard InChI is InChI=1S/C23H28N4O4/c1-23(22(30)25-17-10-6-7-11-17)14-26-15-24-18(21(29)31-2)19(26)20(28)27(23)13-12-16-8-4-3-5-9-16/h3-5,8-9,15,17H,6-7,10-14H2,1-2H3,(H,25,30)/t23-/m0/s1. The number of hydrogen-bond acceptors (Lipinski definition) is 5. The van der Waals surface area contributed by atoms with E-state index >= 15 is 0 Å². The lowest BCUT2D eigenvalue weighted by Gasteiger charge is -2.44. The molecule has 2 aromatic rings. The van der Waals surface area contributed by atoms with E-state index in [1.54, 1.807) is 16.4 Å². The molecule has 4 rings (SSSR count). The van der Waals surface area contributed by atoms with Gasteiger partial charge in [-0.1, -0.05) is 43.2 Å². The largest absolute Gasteiger partial charge is 0.464 e. The van der Waals surface area contributed by atoms with Gasteiger partial charge in [-0.25, -0.2) is 9.78 Å². The maximum absolute atomic E-state index is 13.6. The Labute approximate surface area is 181 Å². The highest BCUT2D eigenvalue weighted by Crippen LogP contribution is 2.30. The van der Waals surface area contributed by atoms with Crippen LogP contribution < -0.4 is 5.32 Å². The Morgan fingerprint density at radius 2 is 1.94 bits per heavy atom. The van der Waals surface area contributed by atoms with Crippen molar-refractivity contribution in [1.82, 2.24) is 19.8 Å². The van der Waals surface area contributed by atoms with Crippen LogP contribution in [0, 0.1) is 0 Å². The normalized spacial score (nSPS) is 21.1. The van der Waals surface area contributed by atoms with Gasteiger partial charge in [0.1, 0.15) is 11.2 Å². The quantitative estimate of drug-likeness (QED) is 0.718. The number of fused-ring (bicyclic) bond motifs is 1. The first-order chi connectivity index (χ1) is 14.9. The summed E-state index contributed by atoms with van der Waals surface area (Å²) in [6.45, 7) is 2.37. The number of benzene rings is 1. The zero-order chi connectivity index (χ0) is 22.0. The highest BCUT2D eigenvalue weighted by molar-refractivity contribution is 6.06. The Bertz CT molecular complexity index is 981. The van der Waals surface area contributed by atoms with Crippen LogP contribution in [0.15, 0.2) is 36.7 Å². The summed E-state index contributed by atoms with van der Waals surface area (Å²) in [7, 11) is 1.26. The number of carbonyl (C=O) groups excluding carboxylic acids is 3. The van der Waals surface area contributed by atoms with Gasteiger partial charge in [0.05, 0.1) is 20.0 Å². The predicted octanol–water partition coefficient (Wildman–Crippen LogP) is 2.19. The average molecular weight is 425 g/mol. The number of methoxy groups -OCH3 is 1. The van der Waals surface area contributed by atoms with Gasteiger partial charge < -0.3 is 19.5 Å². The maximum Gasteiger partial charge on any atom is 0.359 e. The van der Waals surface area contributed by atoms with Crippen molar-refractivity contribution in [2.75, 3.05) is 13.7 Å². The number of amides is 2. The Morgan fingerprint density at radius 1 is 1.23 bits per heavy atom. The lowest BCUT2D eigenvalue weighted by atomic mass is 9.93. The number of aromatic nitrogens is 2. The number of carbonyl (C=O) groups is 3. The molecule has 0 bridgehead atoms. The molecule has 1 aromatic heterocycles. The van der Waals surface area contributed by atoms with Crippen LogP contribution in [0.25, 0.3) is 0 Å². The molecule has 31 heavy (non-hydrogen) atoms. The molecule has 2 amide bonds. The van der Waals surface area contributed by atoms with Crippen molar-refractivity contribution in [1.29, 1.82) is 0 Å². The SMILES string of the molecule is COC(=O)c1ncn2c1C(=O)N(CCc1ccccc1)[C@](C)(C(=O)NC1CCCC1)C2. The van der Waals surface area contributed by atoms with Crippen LogP contribution >= 0.6 is 0 Å². The van der Waals surface area contributed by atoms with E-state index in [1.165, 1.54) is 13.4 Å². The lowest BCUT2D eigenvalue weighted by Crippen LogP contribution is -2.65. The zero-order valence-corrected chi connectivity index (χ0v) is 18.0. The number of rotatable bonds is 6. The minimum atomic E-state index is -1.09. The fourth-order valence-electron chi connectivity index (χ4n) is 4.58. The number of ether oxygens (including phenoxy) is 1. The van der Waals surface area contributed by atoms with Gasteiger partial charge in [-0.2, -0.15) is 0 Å². The topological polar surface area (TPSA) is 93.5 Å².